The molecule has 186 valence electrons. The van der Waals surface area contributed by atoms with E-state index in [0.29, 0.717) is 18.8 Å². The van der Waals surface area contributed by atoms with E-state index in [4.69, 9.17) is 15.2 Å². The van der Waals surface area contributed by atoms with E-state index in [1.54, 1.807) is 20.8 Å². The molecule has 0 aromatic heterocycles. The summed E-state index contributed by atoms with van der Waals surface area (Å²) in [5.41, 5.74) is 1.57. The maximum Gasteiger partial charge on any atom is 0.413 e. The van der Waals surface area contributed by atoms with E-state index in [-0.39, 0.29) is 24.3 Å². The Kier molecular flexibility index (Phi) is 5.56. The topological polar surface area (TPSA) is 111 Å². The third-order valence-corrected chi connectivity index (χ3v) is 7.76. The zero-order valence-electron chi connectivity index (χ0n) is 19.2. The van der Waals surface area contributed by atoms with Crippen LogP contribution in [0.1, 0.15) is 59.3 Å². The second-order valence-corrected chi connectivity index (χ2v) is 11.3. The van der Waals surface area contributed by atoms with Crippen molar-refractivity contribution in [1.29, 1.82) is 0 Å². The lowest BCUT2D eigenvalue weighted by Gasteiger charge is -2.58. The molecule has 3 N–H and O–H groups in total. The number of hydrogen-bond acceptors (Lipinski definition) is 5. The first-order chi connectivity index (χ1) is 15.1. The number of likely N-dealkylation sites (tertiary alicyclic amines) is 1. The molecule has 4 aliphatic carbocycles. The van der Waals surface area contributed by atoms with Gasteiger partial charge in [-0.15, -0.1) is 0 Å². The van der Waals surface area contributed by atoms with Crippen molar-refractivity contribution in [2.75, 3.05) is 13.1 Å². The number of halogens is 3. The van der Waals surface area contributed by atoms with E-state index in [2.05, 4.69) is 0 Å². The number of primary amides is 1. The number of carbonyl (C=O) groups excluding carboxylic acids is 3. The van der Waals surface area contributed by atoms with E-state index >= 15 is 0 Å². The Morgan fingerprint density at radius 2 is 1.67 bits per heavy atom. The van der Waals surface area contributed by atoms with E-state index < -0.39 is 54.0 Å². The molecule has 33 heavy (non-hydrogen) atoms. The highest BCUT2D eigenvalue weighted by atomic mass is 19.4. The lowest BCUT2D eigenvalue weighted by molar-refractivity contribution is -0.191. The number of alkyl halides is 3. The van der Waals surface area contributed by atoms with Gasteiger partial charge in [-0.1, -0.05) is 0 Å². The molecule has 0 radical (unpaired) electrons. The summed E-state index contributed by atoms with van der Waals surface area (Å²) in [7, 11) is 0. The molecule has 5 fully saturated rings. The molecule has 3 amide bonds. The molecule has 1 aliphatic heterocycles. The lowest BCUT2D eigenvalue weighted by atomic mass is 9.48. The third-order valence-electron chi connectivity index (χ3n) is 7.76. The first kappa shape index (κ1) is 23.9. The van der Waals surface area contributed by atoms with E-state index in [0.717, 1.165) is 24.2 Å². The van der Waals surface area contributed by atoms with Gasteiger partial charge in [0.25, 0.3) is 0 Å². The molecule has 5 aliphatic rings. The number of nitrogens with one attached hydrogen (secondary N) is 1. The number of amides is 3. The van der Waals surface area contributed by atoms with Crippen LogP contribution < -0.4 is 11.1 Å². The summed E-state index contributed by atoms with van der Waals surface area (Å²) >= 11 is 0. The van der Waals surface area contributed by atoms with Gasteiger partial charge < -0.3 is 25.4 Å². The Bertz CT molecular complexity index is 826. The van der Waals surface area contributed by atoms with Crippen molar-refractivity contribution in [1.82, 2.24) is 10.2 Å². The molecule has 4 bridgehead atoms. The Balaban J connectivity index is 1.43. The minimum absolute atomic E-state index is 0.0115. The number of ether oxygens (including phenoxy) is 2. The van der Waals surface area contributed by atoms with Crippen LogP contribution in [0, 0.1) is 23.2 Å². The van der Waals surface area contributed by atoms with E-state index in [1.807, 2.05) is 5.32 Å². The van der Waals surface area contributed by atoms with Crippen molar-refractivity contribution >= 4 is 18.1 Å². The summed E-state index contributed by atoms with van der Waals surface area (Å²) in [6.45, 7) is 3.71. The quantitative estimate of drug-likeness (QED) is 0.651. The Morgan fingerprint density at radius 3 is 2.18 bits per heavy atom. The largest absolute Gasteiger partial charge is 0.446 e. The van der Waals surface area contributed by atoms with Gasteiger partial charge in [0.15, 0.2) is 5.54 Å². The minimum atomic E-state index is -4.78. The molecule has 6 atom stereocenters. The fraction of sp³-hybridized carbons (Fsp3) is 0.864. The summed E-state index contributed by atoms with van der Waals surface area (Å²) in [5, 5.41) is 1.96. The van der Waals surface area contributed by atoms with Crippen LogP contribution in [0.15, 0.2) is 0 Å². The number of carbonyl (C=O) groups is 3. The van der Waals surface area contributed by atoms with E-state index in [9.17, 15) is 27.6 Å². The molecule has 0 spiro atoms. The molecule has 0 aromatic rings. The van der Waals surface area contributed by atoms with Crippen molar-refractivity contribution in [2.24, 2.45) is 28.9 Å². The summed E-state index contributed by atoms with van der Waals surface area (Å²) in [4.78, 5) is 38.1. The van der Waals surface area contributed by atoms with Gasteiger partial charge in [0.05, 0.1) is 12.0 Å². The smallest absolute Gasteiger partial charge is 0.413 e. The predicted octanol–water partition coefficient (Wildman–Crippen LogP) is 3.33. The normalized spacial score (nSPS) is 37.7. The van der Waals surface area contributed by atoms with Gasteiger partial charge in [-0.25, -0.2) is 9.59 Å². The Morgan fingerprint density at radius 1 is 1.06 bits per heavy atom. The van der Waals surface area contributed by atoms with Gasteiger partial charge in [-0.05, 0) is 77.0 Å². The molecule has 4 saturated carbocycles. The highest BCUT2D eigenvalue weighted by Crippen LogP contribution is 2.60. The Hall–Kier alpha value is -2.20. The zero-order chi connectivity index (χ0) is 24.4. The molecule has 11 heteroatoms. The monoisotopic (exact) mass is 475 g/mol. The maximum absolute atomic E-state index is 14.0. The first-order valence-electron chi connectivity index (χ1n) is 11.5. The van der Waals surface area contributed by atoms with Gasteiger partial charge >= 0.3 is 18.4 Å². The second kappa shape index (κ2) is 7.66. The van der Waals surface area contributed by atoms with Crippen LogP contribution in [0.4, 0.5) is 22.8 Å². The number of rotatable bonds is 3. The average Bonchev–Trinajstić information content (AvgIpc) is 3.07. The maximum atomic E-state index is 14.0. The summed E-state index contributed by atoms with van der Waals surface area (Å²) in [6.07, 6.45) is -4.17. The number of nitrogens with two attached hydrogens (primary N) is 1. The van der Waals surface area contributed by atoms with Gasteiger partial charge in [0, 0.05) is 6.54 Å². The summed E-state index contributed by atoms with van der Waals surface area (Å²) in [6, 6.07) is 0. The summed E-state index contributed by atoms with van der Waals surface area (Å²) < 4.78 is 52.7. The van der Waals surface area contributed by atoms with Crippen LogP contribution in [-0.2, 0) is 14.3 Å². The van der Waals surface area contributed by atoms with Gasteiger partial charge in [-0.2, -0.15) is 13.2 Å². The first-order valence-corrected chi connectivity index (χ1v) is 11.5. The fourth-order valence-corrected chi connectivity index (χ4v) is 6.53. The molecule has 5 rings (SSSR count). The van der Waals surface area contributed by atoms with Crippen molar-refractivity contribution in [2.45, 2.75) is 82.7 Å². The van der Waals surface area contributed by atoms with Crippen LogP contribution in [0.25, 0.3) is 0 Å². The number of alkyl carbamates (subject to hydrolysis) is 1. The molecule has 1 saturated heterocycles. The van der Waals surface area contributed by atoms with Gasteiger partial charge in [0.1, 0.15) is 11.7 Å². The minimum Gasteiger partial charge on any atom is -0.446 e. The molecule has 4 unspecified atom stereocenters. The molecule has 0 aromatic carbocycles. The SMILES string of the molecule is CC(C)(C)OC(=O)NC1(C(F)(F)F)CCN(C(=O)OC2[C@@H]3CC4C[C@H]2CC(C(N)=O)(C4)C3)C1. The molecular formula is C22H32F3N3O5. The van der Waals surface area contributed by atoms with Crippen molar-refractivity contribution < 1.29 is 37.0 Å². The number of hydrogen-bond donors (Lipinski definition) is 2. The number of nitrogens with zero attached hydrogens (tertiary/aromatic N) is 1. The zero-order valence-corrected chi connectivity index (χ0v) is 19.2. The van der Waals surface area contributed by atoms with Crippen molar-refractivity contribution in [3.8, 4) is 0 Å². The van der Waals surface area contributed by atoms with Crippen LogP contribution in [0.2, 0.25) is 0 Å². The van der Waals surface area contributed by atoms with Crippen molar-refractivity contribution in [3.63, 3.8) is 0 Å². The fourth-order valence-electron chi connectivity index (χ4n) is 6.53. The second-order valence-electron chi connectivity index (χ2n) is 11.3. The van der Waals surface area contributed by atoms with Crippen LogP contribution in [-0.4, -0.2) is 59.5 Å². The van der Waals surface area contributed by atoms with Gasteiger partial charge in [-0.3, -0.25) is 4.79 Å². The summed E-state index contributed by atoms with van der Waals surface area (Å²) in [5.74, 6) is 0.0344. The Labute approximate surface area is 190 Å². The molecule has 1 heterocycles. The van der Waals surface area contributed by atoms with Crippen molar-refractivity contribution in [3.05, 3.63) is 0 Å². The lowest BCUT2D eigenvalue weighted by Crippen LogP contribution is -2.61. The van der Waals surface area contributed by atoms with Crippen LogP contribution in [0.3, 0.4) is 0 Å². The van der Waals surface area contributed by atoms with E-state index in [1.165, 1.54) is 0 Å². The highest BCUT2D eigenvalue weighted by molar-refractivity contribution is 5.81. The molecular weight excluding hydrogens is 443 g/mol. The standard InChI is InChI=1S/C22H32F3N3O5/c1-19(2,3)33-17(30)27-21(22(23,24)25)4-5-28(11-21)18(31)32-15-13-6-12-7-14(15)10-20(8-12,9-13)16(26)29/h12-15H,4-11H2,1-3H3,(H2,26,29)(H,27,30)/t12?,13-,14+,15?,20?,21?. The van der Waals surface area contributed by atoms with Gasteiger partial charge in [0.2, 0.25) is 5.91 Å². The van der Waals surface area contributed by atoms with Crippen LogP contribution in [0.5, 0.6) is 0 Å². The van der Waals surface area contributed by atoms with Crippen LogP contribution >= 0.6 is 0 Å². The average molecular weight is 476 g/mol. The molecule has 8 nitrogen and oxygen atoms in total. The predicted molar refractivity (Wildman–Crippen MR) is 110 cm³/mol. The highest BCUT2D eigenvalue weighted by Gasteiger charge is 2.62. The third kappa shape index (κ3) is 4.35.